The first-order valence-corrected chi connectivity index (χ1v) is 28.9. The quantitative estimate of drug-likeness (QED) is 0.0901. The van der Waals surface area contributed by atoms with Crippen LogP contribution in [-0.4, -0.2) is 91.9 Å². The van der Waals surface area contributed by atoms with Crippen molar-refractivity contribution in [2.45, 2.75) is 98.2 Å². The average Bonchev–Trinajstić information content (AvgIpc) is 3.70. The fourth-order valence-electron chi connectivity index (χ4n) is 10.1. The average molecular weight is 1220 g/mol. The number of hydrogen-bond donors (Lipinski definition) is 0. The molecular formula is C69H76BrN3O12. The Morgan fingerprint density at radius 2 is 0.788 bits per heavy atom. The standard InChI is InChI=1S/C24H27NO4.C22H23NO4.C21H20BrNO4.C2H6/c1-5-29-23-13-18(17(3)12-22(23)28-4)14-24(27)25-11-10-19(26)15-21(25)20-9-7-6-8-16(20)2;1-15-11-20(26-2)21(27-3)12-17(15)13-22(25)23-10-9-18(24)14-19(23)16-7-5-4-6-8-16;1-26-19-10-15(17(22)13-20(19)27-2)11-21(25)23-9-8-16(24)12-18(23)14-6-4-3-5-7-14;1-2/h6-13,21H,5,14-15H2,1-4H3;4-12,19H,13-14H2,1-3H3;3-10,13,18H,11-12H2,1-2H3;1-2H3. The van der Waals surface area contributed by atoms with Crippen LogP contribution in [0.5, 0.6) is 34.5 Å². The van der Waals surface area contributed by atoms with E-state index in [1.54, 1.807) is 81.0 Å². The summed E-state index contributed by atoms with van der Waals surface area (Å²) in [5, 5.41) is 0. The van der Waals surface area contributed by atoms with Crippen LogP contribution < -0.4 is 28.4 Å². The summed E-state index contributed by atoms with van der Waals surface area (Å²) in [6, 6.07) is 37.3. The topological polar surface area (TPSA) is 168 Å². The molecule has 0 bridgehead atoms. The van der Waals surface area contributed by atoms with Gasteiger partial charge in [0.05, 0.1) is 79.5 Å². The maximum absolute atomic E-state index is 13.2. The Morgan fingerprint density at radius 1 is 0.447 bits per heavy atom. The molecule has 446 valence electrons. The van der Waals surface area contributed by atoms with E-state index >= 15 is 0 Å². The van der Waals surface area contributed by atoms with Crippen LogP contribution in [0.3, 0.4) is 0 Å². The molecule has 3 unspecified atom stereocenters. The molecule has 0 aromatic heterocycles. The van der Waals surface area contributed by atoms with Gasteiger partial charge in [0.2, 0.25) is 17.7 Å². The second-order valence-electron chi connectivity index (χ2n) is 19.9. The van der Waals surface area contributed by atoms with Crippen LogP contribution in [0.25, 0.3) is 0 Å². The maximum Gasteiger partial charge on any atom is 0.231 e. The van der Waals surface area contributed by atoms with Crippen molar-refractivity contribution in [3.8, 4) is 34.5 Å². The molecule has 3 amide bonds. The summed E-state index contributed by atoms with van der Waals surface area (Å²) in [5.74, 6) is 3.51. The van der Waals surface area contributed by atoms with Crippen molar-refractivity contribution in [1.29, 1.82) is 0 Å². The van der Waals surface area contributed by atoms with Crippen molar-refractivity contribution in [2.24, 2.45) is 0 Å². The van der Waals surface area contributed by atoms with Gasteiger partial charge >= 0.3 is 0 Å². The van der Waals surface area contributed by atoms with Crippen molar-refractivity contribution in [2.75, 3.05) is 42.2 Å². The highest BCUT2D eigenvalue weighted by atomic mass is 79.9. The maximum atomic E-state index is 13.2. The summed E-state index contributed by atoms with van der Waals surface area (Å²) in [5.41, 5.74) is 8.41. The minimum absolute atomic E-state index is 0.0141. The van der Waals surface area contributed by atoms with E-state index in [-0.39, 0.29) is 85.3 Å². The summed E-state index contributed by atoms with van der Waals surface area (Å²) < 4.78 is 33.1. The fourth-order valence-corrected chi connectivity index (χ4v) is 10.6. The van der Waals surface area contributed by atoms with E-state index < -0.39 is 0 Å². The van der Waals surface area contributed by atoms with Crippen molar-refractivity contribution >= 4 is 51.0 Å². The normalized spacial score (nSPS) is 15.9. The zero-order chi connectivity index (χ0) is 61.7. The Morgan fingerprint density at radius 3 is 1.21 bits per heavy atom. The second-order valence-corrected chi connectivity index (χ2v) is 20.8. The van der Waals surface area contributed by atoms with Gasteiger partial charge in [-0.15, -0.1) is 0 Å². The number of halogens is 1. The molecule has 85 heavy (non-hydrogen) atoms. The van der Waals surface area contributed by atoms with Crippen molar-refractivity contribution < 1.29 is 57.2 Å². The third-order valence-electron chi connectivity index (χ3n) is 14.6. The highest BCUT2D eigenvalue weighted by Crippen LogP contribution is 2.38. The zero-order valence-electron chi connectivity index (χ0n) is 50.3. The van der Waals surface area contributed by atoms with Crippen molar-refractivity contribution in [3.63, 3.8) is 0 Å². The monoisotopic (exact) mass is 1220 g/mol. The van der Waals surface area contributed by atoms with Crippen LogP contribution in [-0.2, 0) is 48.0 Å². The van der Waals surface area contributed by atoms with Crippen LogP contribution in [0, 0.1) is 20.8 Å². The molecule has 3 aliphatic rings. The molecule has 0 radical (unpaired) electrons. The molecule has 9 rings (SSSR count). The first-order valence-electron chi connectivity index (χ1n) is 28.1. The minimum Gasteiger partial charge on any atom is -0.493 e. The Hall–Kier alpha value is -8.76. The molecule has 0 saturated heterocycles. The lowest BCUT2D eigenvalue weighted by Crippen LogP contribution is -2.35. The molecule has 16 heteroatoms. The molecule has 3 atom stereocenters. The number of ether oxygens (including phenoxy) is 6. The van der Waals surface area contributed by atoms with Crippen LogP contribution >= 0.6 is 15.9 Å². The lowest BCUT2D eigenvalue weighted by atomic mass is 9.93. The lowest BCUT2D eigenvalue weighted by Gasteiger charge is -2.32. The number of carbonyl (C=O) groups excluding carboxylic acids is 6. The van der Waals surface area contributed by atoms with Crippen molar-refractivity contribution in [1.82, 2.24) is 14.7 Å². The number of allylic oxidation sites excluding steroid dienone is 3. The van der Waals surface area contributed by atoms with Gasteiger partial charge < -0.3 is 43.1 Å². The number of aryl methyl sites for hydroxylation is 3. The van der Waals surface area contributed by atoms with Crippen molar-refractivity contribution in [3.05, 3.63) is 213 Å². The van der Waals surface area contributed by atoms with Gasteiger partial charge in [-0.25, -0.2) is 0 Å². The van der Waals surface area contributed by atoms with Gasteiger partial charge in [-0.2, -0.15) is 0 Å². The summed E-state index contributed by atoms with van der Waals surface area (Å²) >= 11 is 3.49. The minimum atomic E-state index is -0.296. The summed E-state index contributed by atoms with van der Waals surface area (Å²) in [4.78, 5) is 80.2. The summed E-state index contributed by atoms with van der Waals surface area (Å²) in [6.45, 7) is 12.3. The van der Waals surface area contributed by atoms with Crippen LogP contribution in [0.4, 0.5) is 0 Å². The van der Waals surface area contributed by atoms with E-state index in [4.69, 9.17) is 28.4 Å². The molecule has 15 nitrogen and oxygen atoms in total. The largest absolute Gasteiger partial charge is 0.493 e. The molecule has 0 saturated carbocycles. The SMILES string of the molecule is CC.CCOc1cc(CC(=O)N2C=CC(=O)CC2c2ccccc2C)c(C)cc1OC.COc1cc(Br)c(CC(=O)N2C=CC(=O)CC2c2ccccc2)cc1OC.COc1cc(C)c(CC(=O)N2C=CC(=O)CC2c2ccccc2)cc1OC. The van der Waals surface area contributed by atoms with E-state index in [1.807, 2.05) is 151 Å². The third kappa shape index (κ3) is 17.0. The first kappa shape index (κ1) is 65.4. The van der Waals surface area contributed by atoms with Crippen LogP contribution in [0.2, 0.25) is 0 Å². The van der Waals surface area contributed by atoms with Crippen LogP contribution in [0.1, 0.15) is 108 Å². The number of nitrogens with zero attached hydrogens (tertiary/aromatic N) is 3. The van der Waals surface area contributed by atoms with Gasteiger partial charge in [-0.05, 0) is 132 Å². The number of amides is 3. The highest BCUT2D eigenvalue weighted by molar-refractivity contribution is 9.10. The Balaban J connectivity index is 0.000000201. The van der Waals surface area contributed by atoms with Gasteiger partial charge in [-0.3, -0.25) is 28.8 Å². The number of rotatable bonds is 16. The number of carbonyl (C=O) groups is 6. The molecule has 3 aliphatic heterocycles. The Labute approximate surface area is 507 Å². The Kier molecular flexibility index (Phi) is 24.4. The zero-order valence-corrected chi connectivity index (χ0v) is 51.9. The lowest BCUT2D eigenvalue weighted by molar-refractivity contribution is -0.132. The molecule has 0 fully saturated rings. The predicted octanol–water partition coefficient (Wildman–Crippen LogP) is 13.0. The summed E-state index contributed by atoms with van der Waals surface area (Å²) in [6.07, 6.45) is 10.7. The third-order valence-corrected chi connectivity index (χ3v) is 15.3. The van der Waals surface area contributed by atoms with E-state index in [9.17, 15) is 28.8 Å². The van der Waals surface area contributed by atoms with E-state index in [2.05, 4.69) is 15.9 Å². The van der Waals surface area contributed by atoms with Gasteiger partial charge in [0.25, 0.3) is 0 Å². The number of methoxy groups -OCH3 is 5. The smallest absolute Gasteiger partial charge is 0.231 e. The molecule has 6 aromatic carbocycles. The summed E-state index contributed by atoms with van der Waals surface area (Å²) in [7, 11) is 7.88. The van der Waals surface area contributed by atoms with E-state index in [1.165, 1.54) is 18.2 Å². The molecule has 0 N–H and O–H groups in total. The molecule has 6 aromatic rings. The predicted molar refractivity (Wildman–Crippen MR) is 332 cm³/mol. The molecule has 3 heterocycles. The fraction of sp³-hybridized carbons (Fsp3) is 0.304. The molecular weight excluding hydrogens is 1140 g/mol. The van der Waals surface area contributed by atoms with Gasteiger partial charge in [0.1, 0.15) is 0 Å². The molecule has 0 aliphatic carbocycles. The highest BCUT2D eigenvalue weighted by Gasteiger charge is 2.32. The van der Waals surface area contributed by atoms with Gasteiger partial charge in [-0.1, -0.05) is 115 Å². The van der Waals surface area contributed by atoms with E-state index in [0.29, 0.717) is 47.5 Å². The van der Waals surface area contributed by atoms with E-state index in [0.717, 1.165) is 54.5 Å². The molecule has 0 spiro atoms. The van der Waals surface area contributed by atoms with Crippen LogP contribution in [0.15, 0.2) is 163 Å². The Bertz CT molecular complexity index is 3270. The van der Waals surface area contributed by atoms with Gasteiger partial charge in [0, 0.05) is 42.3 Å². The number of hydrogen-bond acceptors (Lipinski definition) is 12. The number of benzene rings is 6. The number of ketones is 3. The second kappa shape index (κ2) is 31.8. The first-order chi connectivity index (χ1) is 41.0. The van der Waals surface area contributed by atoms with Gasteiger partial charge in [0.15, 0.2) is 51.8 Å².